The molecule has 0 radical (unpaired) electrons. The number of rotatable bonds is 7. The van der Waals surface area contributed by atoms with Crippen molar-refractivity contribution >= 4 is 17.4 Å². The first kappa shape index (κ1) is 21.3. The zero-order chi connectivity index (χ0) is 21.7. The van der Waals surface area contributed by atoms with Gasteiger partial charge in [-0.05, 0) is 36.2 Å². The first-order valence-electron chi connectivity index (χ1n) is 9.69. The fourth-order valence-corrected chi connectivity index (χ4v) is 3.16. The molecule has 1 heterocycles. The molecule has 0 fully saturated rings. The number of carbonyl (C=O) groups is 2. The van der Waals surface area contributed by atoms with Crippen molar-refractivity contribution in [2.75, 3.05) is 11.9 Å². The molecule has 6 heteroatoms. The number of Topliss-reactive ketones (excluding diaryl/α,β-unsaturated/α-hetero) is 1. The standard InChI is InChI=1S/C24H22F2N2O2/c1-3-23(30)28(2)19-11-12-20(21(25)15-19)16-6-8-17(9-7-16)22(29)13-10-18-5-4-14-27-24(18)26/h4-9,11-12,14-15H,3,10,13H2,1-2H3. The first-order valence-corrected chi connectivity index (χ1v) is 9.69. The molecule has 2 aromatic carbocycles. The van der Waals surface area contributed by atoms with E-state index in [1.54, 1.807) is 62.5 Å². The molecule has 30 heavy (non-hydrogen) atoms. The third-order valence-corrected chi connectivity index (χ3v) is 4.99. The summed E-state index contributed by atoms with van der Waals surface area (Å²) in [5, 5.41) is 0. The van der Waals surface area contributed by atoms with Crippen LogP contribution in [-0.2, 0) is 11.2 Å². The molecule has 0 saturated carbocycles. The predicted octanol–water partition coefficient (Wildman–Crippen LogP) is 5.22. The van der Waals surface area contributed by atoms with Gasteiger partial charge in [-0.25, -0.2) is 9.37 Å². The molecule has 3 aromatic rings. The molecule has 0 saturated heterocycles. The van der Waals surface area contributed by atoms with Crippen molar-refractivity contribution in [1.29, 1.82) is 0 Å². The second kappa shape index (κ2) is 9.39. The molecule has 1 aromatic heterocycles. The smallest absolute Gasteiger partial charge is 0.226 e. The summed E-state index contributed by atoms with van der Waals surface area (Å²) in [6, 6.07) is 14.5. The van der Waals surface area contributed by atoms with Crippen LogP contribution in [0.2, 0.25) is 0 Å². The maximum Gasteiger partial charge on any atom is 0.226 e. The Morgan fingerprint density at radius 2 is 1.77 bits per heavy atom. The van der Waals surface area contributed by atoms with Crippen molar-refractivity contribution in [1.82, 2.24) is 4.98 Å². The molecule has 1 amide bonds. The van der Waals surface area contributed by atoms with Gasteiger partial charge in [-0.1, -0.05) is 37.3 Å². The summed E-state index contributed by atoms with van der Waals surface area (Å²) in [5.74, 6) is -1.24. The maximum absolute atomic E-state index is 14.6. The second-order valence-electron chi connectivity index (χ2n) is 6.92. The Labute approximate surface area is 174 Å². The Kier molecular flexibility index (Phi) is 6.67. The number of anilines is 1. The number of hydrogen-bond acceptors (Lipinski definition) is 3. The zero-order valence-electron chi connectivity index (χ0n) is 16.9. The lowest BCUT2D eigenvalue weighted by Crippen LogP contribution is -2.25. The van der Waals surface area contributed by atoms with Gasteiger partial charge in [0.1, 0.15) is 5.82 Å². The number of hydrogen-bond donors (Lipinski definition) is 0. The largest absolute Gasteiger partial charge is 0.315 e. The lowest BCUT2D eigenvalue weighted by Gasteiger charge is -2.17. The Balaban J connectivity index is 1.71. The van der Waals surface area contributed by atoms with Crippen LogP contribution in [0.15, 0.2) is 60.8 Å². The summed E-state index contributed by atoms with van der Waals surface area (Å²) >= 11 is 0. The van der Waals surface area contributed by atoms with Gasteiger partial charge in [0.25, 0.3) is 0 Å². The SMILES string of the molecule is CCC(=O)N(C)c1ccc(-c2ccc(C(=O)CCc3cccnc3F)cc2)c(F)c1. The Bertz CT molecular complexity index is 1070. The molecule has 4 nitrogen and oxygen atoms in total. The number of amides is 1. The van der Waals surface area contributed by atoms with Crippen molar-refractivity contribution < 1.29 is 18.4 Å². The second-order valence-corrected chi connectivity index (χ2v) is 6.92. The average molecular weight is 408 g/mol. The third kappa shape index (κ3) is 4.76. The van der Waals surface area contributed by atoms with Crippen LogP contribution in [0.3, 0.4) is 0 Å². The number of benzene rings is 2. The van der Waals surface area contributed by atoms with Crippen molar-refractivity contribution in [2.45, 2.75) is 26.2 Å². The van der Waals surface area contributed by atoms with Gasteiger partial charge in [-0.2, -0.15) is 4.39 Å². The minimum Gasteiger partial charge on any atom is -0.315 e. The Morgan fingerprint density at radius 3 is 2.40 bits per heavy atom. The predicted molar refractivity (Wildman–Crippen MR) is 112 cm³/mol. The van der Waals surface area contributed by atoms with Crippen molar-refractivity contribution in [3.63, 3.8) is 0 Å². The van der Waals surface area contributed by atoms with Crippen LogP contribution in [0.5, 0.6) is 0 Å². The van der Waals surface area contributed by atoms with Crippen molar-refractivity contribution in [3.8, 4) is 11.1 Å². The van der Waals surface area contributed by atoms with E-state index >= 15 is 0 Å². The Morgan fingerprint density at radius 1 is 1.03 bits per heavy atom. The van der Waals surface area contributed by atoms with Gasteiger partial charge in [0, 0.05) is 48.5 Å². The lowest BCUT2D eigenvalue weighted by molar-refractivity contribution is -0.118. The molecule has 3 rings (SSSR count). The monoisotopic (exact) mass is 408 g/mol. The van der Waals surface area contributed by atoms with Crippen LogP contribution in [0.4, 0.5) is 14.5 Å². The fourth-order valence-electron chi connectivity index (χ4n) is 3.16. The lowest BCUT2D eigenvalue weighted by atomic mass is 9.99. The number of aromatic nitrogens is 1. The van der Waals surface area contributed by atoms with E-state index in [9.17, 15) is 18.4 Å². The molecule has 0 unspecified atom stereocenters. The number of carbonyl (C=O) groups excluding carboxylic acids is 2. The molecule has 0 aliphatic heterocycles. The van der Waals surface area contributed by atoms with Crippen LogP contribution in [-0.4, -0.2) is 23.7 Å². The summed E-state index contributed by atoms with van der Waals surface area (Å²) in [4.78, 5) is 29.2. The molecule has 0 N–H and O–H groups in total. The van der Waals surface area contributed by atoms with Crippen molar-refractivity contribution in [2.24, 2.45) is 0 Å². The van der Waals surface area contributed by atoms with Gasteiger partial charge in [-0.3, -0.25) is 9.59 Å². The van der Waals surface area contributed by atoms with E-state index in [4.69, 9.17) is 0 Å². The van der Waals surface area contributed by atoms with Gasteiger partial charge in [0.05, 0.1) is 0 Å². The van der Waals surface area contributed by atoms with Crippen LogP contribution < -0.4 is 4.90 Å². The number of halogens is 2. The van der Waals surface area contributed by atoms with E-state index in [2.05, 4.69) is 4.98 Å². The normalized spacial score (nSPS) is 10.7. The minimum atomic E-state index is -0.564. The number of ketones is 1. The molecular formula is C24H22F2N2O2. The number of aryl methyl sites for hydroxylation is 1. The van der Waals surface area contributed by atoms with E-state index in [0.29, 0.717) is 34.4 Å². The van der Waals surface area contributed by atoms with E-state index in [-0.39, 0.29) is 24.5 Å². The summed E-state index contributed by atoms with van der Waals surface area (Å²) < 4.78 is 28.2. The van der Waals surface area contributed by atoms with Crippen molar-refractivity contribution in [3.05, 3.63) is 83.7 Å². The molecule has 0 aliphatic carbocycles. The molecular weight excluding hydrogens is 386 g/mol. The van der Waals surface area contributed by atoms with Crippen LogP contribution >= 0.6 is 0 Å². The van der Waals surface area contributed by atoms with Gasteiger partial charge in [0.2, 0.25) is 11.9 Å². The van der Waals surface area contributed by atoms with Gasteiger partial charge >= 0.3 is 0 Å². The van der Waals surface area contributed by atoms with Gasteiger partial charge in [0.15, 0.2) is 5.78 Å². The fraction of sp³-hybridized carbons (Fsp3) is 0.208. The van der Waals surface area contributed by atoms with E-state index in [0.717, 1.165) is 0 Å². The van der Waals surface area contributed by atoms with E-state index < -0.39 is 11.8 Å². The average Bonchev–Trinajstić information content (AvgIpc) is 2.77. The summed E-state index contributed by atoms with van der Waals surface area (Å²) in [5.41, 5.74) is 2.37. The van der Waals surface area contributed by atoms with Gasteiger partial charge < -0.3 is 4.90 Å². The summed E-state index contributed by atoms with van der Waals surface area (Å²) in [7, 11) is 1.61. The van der Waals surface area contributed by atoms with Crippen LogP contribution in [0.25, 0.3) is 11.1 Å². The number of pyridine rings is 1. The summed E-state index contributed by atoms with van der Waals surface area (Å²) in [6.45, 7) is 1.75. The van der Waals surface area contributed by atoms with Crippen LogP contribution in [0.1, 0.15) is 35.7 Å². The molecule has 0 spiro atoms. The molecule has 0 aliphatic rings. The highest BCUT2D eigenvalue weighted by molar-refractivity contribution is 5.96. The number of nitrogens with zero attached hydrogens (tertiary/aromatic N) is 2. The highest BCUT2D eigenvalue weighted by atomic mass is 19.1. The Hall–Kier alpha value is -3.41. The first-order chi connectivity index (χ1) is 14.4. The summed E-state index contributed by atoms with van der Waals surface area (Å²) in [6.07, 6.45) is 2.12. The highest BCUT2D eigenvalue weighted by Crippen LogP contribution is 2.27. The molecule has 154 valence electrons. The highest BCUT2D eigenvalue weighted by Gasteiger charge is 2.13. The van der Waals surface area contributed by atoms with E-state index in [1.807, 2.05) is 0 Å². The quantitative estimate of drug-likeness (QED) is 0.398. The zero-order valence-corrected chi connectivity index (χ0v) is 16.9. The topological polar surface area (TPSA) is 50.3 Å². The molecule has 0 atom stereocenters. The third-order valence-electron chi connectivity index (χ3n) is 4.99. The van der Waals surface area contributed by atoms with E-state index in [1.165, 1.54) is 17.2 Å². The molecule has 0 bridgehead atoms. The van der Waals surface area contributed by atoms with Gasteiger partial charge in [-0.15, -0.1) is 0 Å². The van der Waals surface area contributed by atoms with Crippen LogP contribution in [0, 0.1) is 11.8 Å². The maximum atomic E-state index is 14.6. The minimum absolute atomic E-state index is 0.101.